The Kier molecular flexibility index (Phi) is 8.92. The number of carbonyl (C=O) groups is 1. The Morgan fingerprint density at radius 3 is 2.36 bits per heavy atom. The first-order valence-corrected chi connectivity index (χ1v) is 13.7. The van der Waals surface area contributed by atoms with Crippen LogP contribution in [0, 0.1) is 13.8 Å². The molecule has 3 rings (SSSR count). The number of nitrogens with one attached hydrogen (secondary N) is 1. The molecule has 1 amide bonds. The Bertz CT molecular complexity index is 1050. The van der Waals surface area contributed by atoms with Gasteiger partial charge in [-0.25, -0.2) is 8.42 Å². The summed E-state index contributed by atoms with van der Waals surface area (Å²) in [4.78, 5) is 15.0. The molecule has 33 heavy (non-hydrogen) atoms. The molecule has 6 nitrogen and oxygen atoms in total. The first kappa shape index (κ1) is 25.2. The molecule has 0 aliphatic carbocycles. The lowest BCUT2D eigenvalue weighted by atomic mass is 10.0. The normalized spacial score (nSPS) is 14.8. The quantitative estimate of drug-likeness (QED) is 0.565. The molecule has 1 fully saturated rings. The van der Waals surface area contributed by atoms with Gasteiger partial charge in [0.05, 0.1) is 11.9 Å². The minimum Gasteiger partial charge on any atom is -0.352 e. The van der Waals surface area contributed by atoms with Crippen molar-refractivity contribution in [3.8, 4) is 0 Å². The second kappa shape index (κ2) is 11.7. The average molecular weight is 472 g/mol. The van der Waals surface area contributed by atoms with Crippen molar-refractivity contribution in [3.05, 3.63) is 64.7 Å². The molecule has 0 unspecified atom stereocenters. The molecule has 0 atom stereocenters. The lowest BCUT2D eigenvalue weighted by Gasteiger charge is -2.27. The molecule has 0 radical (unpaired) electrons. The molecule has 1 heterocycles. The number of aryl methyl sites for hydroxylation is 2. The molecule has 1 aliphatic rings. The van der Waals surface area contributed by atoms with Crippen LogP contribution in [0.15, 0.2) is 42.5 Å². The van der Waals surface area contributed by atoms with E-state index in [-0.39, 0.29) is 18.9 Å². The second-order valence-corrected chi connectivity index (χ2v) is 11.0. The van der Waals surface area contributed by atoms with Crippen molar-refractivity contribution in [2.24, 2.45) is 0 Å². The van der Waals surface area contributed by atoms with Gasteiger partial charge >= 0.3 is 0 Å². The van der Waals surface area contributed by atoms with Crippen LogP contribution >= 0.6 is 0 Å². The summed E-state index contributed by atoms with van der Waals surface area (Å²) in [6, 6.07) is 13.9. The predicted octanol–water partition coefficient (Wildman–Crippen LogP) is 4.15. The van der Waals surface area contributed by atoms with Gasteiger partial charge in [-0.15, -0.1) is 0 Å². The molecule has 0 saturated carbocycles. The number of sulfonamides is 1. The number of amides is 1. The lowest BCUT2D eigenvalue weighted by molar-refractivity contribution is -0.121. The summed E-state index contributed by atoms with van der Waals surface area (Å²) in [5.41, 5.74) is 5.21. The number of likely N-dealkylation sites (tertiary alicyclic amines) is 1. The van der Waals surface area contributed by atoms with Gasteiger partial charge in [0.2, 0.25) is 15.9 Å². The third-order valence-corrected chi connectivity index (χ3v) is 7.57. The van der Waals surface area contributed by atoms with Gasteiger partial charge in [0.15, 0.2) is 0 Å². The van der Waals surface area contributed by atoms with Gasteiger partial charge in [0.25, 0.3) is 0 Å². The summed E-state index contributed by atoms with van der Waals surface area (Å²) in [5.74, 6) is -0.0590. The summed E-state index contributed by atoms with van der Waals surface area (Å²) >= 11 is 0. The van der Waals surface area contributed by atoms with Crippen molar-refractivity contribution in [1.82, 2.24) is 10.2 Å². The zero-order valence-corrected chi connectivity index (χ0v) is 21.0. The summed E-state index contributed by atoms with van der Waals surface area (Å²) in [5, 5.41) is 3.02. The molecule has 7 heteroatoms. The van der Waals surface area contributed by atoms with E-state index in [0.717, 1.165) is 36.3 Å². The van der Waals surface area contributed by atoms with Crippen LogP contribution in [-0.4, -0.2) is 45.1 Å². The standard InChI is InChI=1S/C26H37N3O3S/c1-21-13-14-25(18-22(21)2)29(33(3,31)32)17-9-12-26(30)27-19-23-10-5-6-11-24(23)20-28-15-7-4-8-16-28/h5-6,10-11,13-14,18H,4,7-9,12,15-17,19-20H2,1-3H3,(H,27,30). The highest BCUT2D eigenvalue weighted by Crippen LogP contribution is 2.22. The fourth-order valence-corrected chi connectivity index (χ4v) is 5.23. The first-order valence-electron chi connectivity index (χ1n) is 11.8. The molecule has 0 aromatic heterocycles. The van der Waals surface area contributed by atoms with E-state index >= 15 is 0 Å². The number of carbonyl (C=O) groups excluding carboxylic acids is 1. The summed E-state index contributed by atoms with van der Waals surface area (Å²) < 4.78 is 26.1. The molecular formula is C26H37N3O3S. The maximum atomic E-state index is 12.5. The monoisotopic (exact) mass is 471 g/mol. The molecular weight excluding hydrogens is 434 g/mol. The van der Waals surface area contributed by atoms with Gasteiger partial charge in [-0.05, 0) is 80.6 Å². The first-order chi connectivity index (χ1) is 15.7. The van der Waals surface area contributed by atoms with E-state index in [1.165, 1.54) is 35.4 Å². The Morgan fingerprint density at radius 2 is 1.70 bits per heavy atom. The van der Waals surface area contributed by atoms with Crippen LogP contribution in [0.1, 0.15) is 54.4 Å². The van der Waals surface area contributed by atoms with E-state index in [4.69, 9.17) is 0 Å². The largest absolute Gasteiger partial charge is 0.352 e. The Hall–Kier alpha value is -2.38. The molecule has 2 aromatic rings. The SMILES string of the molecule is Cc1ccc(N(CCCC(=O)NCc2ccccc2CN2CCCCC2)S(C)(=O)=O)cc1C. The van der Waals surface area contributed by atoms with Crippen LogP contribution in [0.3, 0.4) is 0 Å². The highest BCUT2D eigenvalue weighted by Gasteiger charge is 2.18. The molecule has 1 N–H and O–H groups in total. The van der Waals surface area contributed by atoms with Crippen LogP contribution in [0.25, 0.3) is 0 Å². The van der Waals surface area contributed by atoms with Gasteiger partial charge in [0, 0.05) is 26.1 Å². The molecule has 1 aliphatic heterocycles. The predicted molar refractivity (Wildman–Crippen MR) is 135 cm³/mol. The number of rotatable bonds is 10. The Labute approximate surface area is 199 Å². The second-order valence-electron chi connectivity index (χ2n) is 9.09. The Balaban J connectivity index is 1.52. The Morgan fingerprint density at radius 1 is 1.00 bits per heavy atom. The minimum atomic E-state index is -3.42. The van der Waals surface area contributed by atoms with Crippen LogP contribution in [-0.2, 0) is 27.9 Å². The average Bonchev–Trinajstić information content (AvgIpc) is 2.78. The van der Waals surface area contributed by atoms with Gasteiger partial charge < -0.3 is 5.32 Å². The van der Waals surface area contributed by atoms with Crippen molar-refractivity contribution < 1.29 is 13.2 Å². The lowest BCUT2D eigenvalue weighted by Crippen LogP contribution is -2.32. The number of anilines is 1. The van der Waals surface area contributed by atoms with E-state index in [0.29, 0.717) is 18.7 Å². The smallest absolute Gasteiger partial charge is 0.232 e. The zero-order chi connectivity index (χ0) is 23.8. The van der Waals surface area contributed by atoms with E-state index in [9.17, 15) is 13.2 Å². The molecule has 180 valence electrons. The maximum absolute atomic E-state index is 12.5. The van der Waals surface area contributed by atoms with E-state index < -0.39 is 10.0 Å². The molecule has 0 bridgehead atoms. The zero-order valence-electron chi connectivity index (χ0n) is 20.1. The minimum absolute atomic E-state index is 0.0590. The van der Waals surface area contributed by atoms with E-state index in [1.54, 1.807) is 0 Å². The van der Waals surface area contributed by atoms with Gasteiger partial charge in [-0.3, -0.25) is 14.0 Å². The van der Waals surface area contributed by atoms with Crippen LogP contribution in [0.4, 0.5) is 5.69 Å². The summed E-state index contributed by atoms with van der Waals surface area (Å²) in [7, 11) is -3.42. The van der Waals surface area contributed by atoms with Crippen LogP contribution in [0.5, 0.6) is 0 Å². The topological polar surface area (TPSA) is 69.7 Å². The fraction of sp³-hybridized carbons (Fsp3) is 0.500. The van der Waals surface area contributed by atoms with Gasteiger partial charge in [-0.2, -0.15) is 0 Å². The van der Waals surface area contributed by atoms with Crippen molar-refractivity contribution in [3.63, 3.8) is 0 Å². The van der Waals surface area contributed by atoms with E-state index in [2.05, 4.69) is 28.4 Å². The third kappa shape index (κ3) is 7.57. The number of piperidine rings is 1. The highest BCUT2D eigenvalue weighted by molar-refractivity contribution is 7.92. The van der Waals surface area contributed by atoms with Gasteiger partial charge in [-0.1, -0.05) is 36.8 Å². The van der Waals surface area contributed by atoms with Crippen molar-refractivity contribution in [2.75, 3.05) is 30.2 Å². The van der Waals surface area contributed by atoms with Crippen LogP contribution < -0.4 is 9.62 Å². The highest BCUT2D eigenvalue weighted by atomic mass is 32.2. The van der Waals surface area contributed by atoms with Gasteiger partial charge in [0.1, 0.15) is 0 Å². The van der Waals surface area contributed by atoms with E-state index in [1.807, 2.05) is 38.1 Å². The molecule has 2 aromatic carbocycles. The van der Waals surface area contributed by atoms with Crippen molar-refractivity contribution in [1.29, 1.82) is 0 Å². The molecule has 1 saturated heterocycles. The number of benzene rings is 2. The number of hydrogen-bond acceptors (Lipinski definition) is 4. The van der Waals surface area contributed by atoms with Crippen LogP contribution in [0.2, 0.25) is 0 Å². The fourth-order valence-electron chi connectivity index (χ4n) is 4.28. The number of nitrogens with zero attached hydrogens (tertiary/aromatic N) is 2. The summed E-state index contributed by atoms with van der Waals surface area (Å²) in [6.45, 7) is 7.94. The summed E-state index contributed by atoms with van der Waals surface area (Å²) in [6.07, 6.45) is 5.78. The van der Waals surface area contributed by atoms with Crippen molar-refractivity contribution in [2.45, 2.75) is 59.0 Å². The number of hydrogen-bond donors (Lipinski definition) is 1. The maximum Gasteiger partial charge on any atom is 0.232 e. The van der Waals surface area contributed by atoms with Crippen molar-refractivity contribution >= 4 is 21.6 Å². The third-order valence-electron chi connectivity index (χ3n) is 6.38. The molecule has 0 spiro atoms.